The zero-order valence-electron chi connectivity index (χ0n) is 13.2. The molecule has 1 aromatic carbocycles. The lowest BCUT2D eigenvalue weighted by molar-refractivity contribution is 0.0399. The normalized spacial score (nSPS) is 24.5. The first-order chi connectivity index (χ1) is 10.3. The van der Waals surface area contributed by atoms with Crippen molar-refractivity contribution in [3.05, 3.63) is 35.4 Å². The summed E-state index contributed by atoms with van der Waals surface area (Å²) in [4.78, 5) is 2.59. The maximum Gasteiger partial charge on any atom is 0.0952 e. The summed E-state index contributed by atoms with van der Waals surface area (Å²) < 4.78 is 5.97. The number of benzene rings is 1. The Morgan fingerprint density at radius 3 is 2.90 bits per heavy atom. The fourth-order valence-electron chi connectivity index (χ4n) is 3.55. The second-order valence-corrected chi connectivity index (χ2v) is 6.48. The van der Waals surface area contributed by atoms with Gasteiger partial charge in [0.15, 0.2) is 0 Å². The molecule has 116 valence electrons. The van der Waals surface area contributed by atoms with Crippen LogP contribution < -0.4 is 5.32 Å². The number of rotatable bonds is 5. The van der Waals surface area contributed by atoms with Crippen LogP contribution in [0, 0.1) is 0 Å². The summed E-state index contributed by atoms with van der Waals surface area (Å²) in [5, 5.41) is 3.67. The van der Waals surface area contributed by atoms with E-state index in [9.17, 15) is 0 Å². The molecule has 1 fully saturated rings. The fourth-order valence-corrected chi connectivity index (χ4v) is 3.55. The quantitative estimate of drug-likeness (QED) is 0.901. The summed E-state index contributed by atoms with van der Waals surface area (Å²) in [5.41, 5.74) is 2.83. The largest absolute Gasteiger partial charge is 0.372 e. The molecule has 2 atom stereocenters. The highest BCUT2D eigenvalue weighted by Crippen LogP contribution is 2.26. The van der Waals surface area contributed by atoms with Gasteiger partial charge in [-0.2, -0.15) is 0 Å². The predicted octanol–water partition coefficient (Wildman–Crippen LogP) is 2.76. The first-order valence-corrected chi connectivity index (χ1v) is 8.48. The van der Waals surface area contributed by atoms with E-state index >= 15 is 0 Å². The number of hydrogen-bond donors (Lipinski definition) is 1. The summed E-state index contributed by atoms with van der Waals surface area (Å²) in [5.74, 6) is 0. The lowest BCUT2D eigenvalue weighted by Crippen LogP contribution is -2.43. The van der Waals surface area contributed by atoms with E-state index in [-0.39, 0.29) is 6.10 Å². The van der Waals surface area contributed by atoms with Gasteiger partial charge in [0.1, 0.15) is 0 Å². The minimum atomic E-state index is 0.221. The van der Waals surface area contributed by atoms with Crippen molar-refractivity contribution in [1.82, 2.24) is 10.2 Å². The van der Waals surface area contributed by atoms with Gasteiger partial charge in [-0.1, -0.05) is 30.7 Å². The predicted molar refractivity (Wildman–Crippen MR) is 86.6 cm³/mol. The van der Waals surface area contributed by atoms with Gasteiger partial charge in [0.2, 0.25) is 0 Å². The standard InChI is InChI=1S/C18H28N2O/c1-15(14-20-10-5-2-6-11-20)19-13-18-17-8-4-3-7-16(17)9-12-21-18/h3-4,7-8,15,18-19H,2,5-6,9-14H2,1H3. The molecule has 0 amide bonds. The Hall–Kier alpha value is -0.900. The van der Waals surface area contributed by atoms with Gasteiger partial charge in [0, 0.05) is 19.1 Å². The lowest BCUT2D eigenvalue weighted by Gasteiger charge is -2.31. The number of piperidine rings is 1. The third kappa shape index (κ3) is 4.06. The van der Waals surface area contributed by atoms with Crippen molar-refractivity contribution in [2.45, 2.75) is 44.8 Å². The highest BCUT2D eigenvalue weighted by Gasteiger charge is 2.21. The zero-order valence-corrected chi connectivity index (χ0v) is 13.2. The molecule has 0 saturated carbocycles. The lowest BCUT2D eigenvalue weighted by atomic mass is 9.97. The molecular weight excluding hydrogens is 260 g/mol. The Morgan fingerprint density at radius 2 is 2.05 bits per heavy atom. The van der Waals surface area contributed by atoms with Crippen LogP contribution in [0.3, 0.4) is 0 Å². The minimum absolute atomic E-state index is 0.221. The molecule has 1 aromatic rings. The van der Waals surface area contributed by atoms with Crippen LogP contribution in [0.25, 0.3) is 0 Å². The Morgan fingerprint density at radius 1 is 1.24 bits per heavy atom. The Kier molecular flexibility index (Phi) is 5.28. The van der Waals surface area contributed by atoms with Gasteiger partial charge in [-0.05, 0) is 50.4 Å². The van der Waals surface area contributed by atoms with Crippen molar-refractivity contribution in [2.75, 3.05) is 32.8 Å². The van der Waals surface area contributed by atoms with Gasteiger partial charge >= 0.3 is 0 Å². The van der Waals surface area contributed by atoms with Crippen molar-refractivity contribution in [3.63, 3.8) is 0 Å². The third-order valence-corrected chi connectivity index (χ3v) is 4.72. The highest BCUT2D eigenvalue weighted by atomic mass is 16.5. The molecule has 3 rings (SSSR count). The van der Waals surface area contributed by atoms with E-state index in [1.807, 2.05) is 0 Å². The van der Waals surface area contributed by atoms with Crippen molar-refractivity contribution < 1.29 is 4.74 Å². The van der Waals surface area contributed by atoms with Gasteiger partial charge in [0.25, 0.3) is 0 Å². The highest BCUT2D eigenvalue weighted by molar-refractivity contribution is 5.31. The summed E-state index contributed by atoms with van der Waals surface area (Å²) in [6.07, 6.45) is 5.41. The van der Waals surface area contributed by atoms with Crippen molar-refractivity contribution >= 4 is 0 Å². The van der Waals surface area contributed by atoms with Crippen LogP contribution >= 0.6 is 0 Å². The second kappa shape index (κ2) is 7.39. The van der Waals surface area contributed by atoms with E-state index in [4.69, 9.17) is 4.74 Å². The number of ether oxygens (including phenoxy) is 1. The molecule has 2 aliphatic heterocycles. The second-order valence-electron chi connectivity index (χ2n) is 6.48. The molecule has 2 aliphatic rings. The molecule has 0 aliphatic carbocycles. The Labute approximate surface area is 128 Å². The molecule has 1 saturated heterocycles. The maximum atomic E-state index is 5.97. The van der Waals surface area contributed by atoms with Gasteiger partial charge < -0.3 is 15.0 Å². The average molecular weight is 288 g/mol. The van der Waals surface area contributed by atoms with E-state index < -0.39 is 0 Å². The van der Waals surface area contributed by atoms with Crippen LogP contribution in [0.5, 0.6) is 0 Å². The summed E-state index contributed by atoms with van der Waals surface area (Å²) in [6.45, 7) is 7.77. The van der Waals surface area contributed by atoms with Crippen LogP contribution in [-0.4, -0.2) is 43.7 Å². The Bertz CT molecular complexity index is 443. The number of fused-ring (bicyclic) bond motifs is 1. The summed E-state index contributed by atoms with van der Waals surface area (Å²) in [6, 6.07) is 9.24. The number of nitrogens with one attached hydrogen (secondary N) is 1. The molecule has 3 nitrogen and oxygen atoms in total. The van der Waals surface area contributed by atoms with E-state index in [0.717, 1.165) is 26.1 Å². The van der Waals surface area contributed by atoms with E-state index in [1.54, 1.807) is 0 Å². The minimum Gasteiger partial charge on any atom is -0.372 e. The van der Waals surface area contributed by atoms with Gasteiger partial charge in [-0.25, -0.2) is 0 Å². The molecule has 0 spiro atoms. The van der Waals surface area contributed by atoms with E-state index in [2.05, 4.69) is 41.4 Å². The molecule has 21 heavy (non-hydrogen) atoms. The van der Waals surface area contributed by atoms with E-state index in [1.165, 1.54) is 43.5 Å². The van der Waals surface area contributed by atoms with Crippen LogP contribution in [-0.2, 0) is 11.2 Å². The first kappa shape index (κ1) is 15.0. The van der Waals surface area contributed by atoms with Crippen molar-refractivity contribution in [2.24, 2.45) is 0 Å². The summed E-state index contributed by atoms with van der Waals surface area (Å²) in [7, 11) is 0. The van der Waals surface area contributed by atoms with Crippen LogP contribution in [0.15, 0.2) is 24.3 Å². The third-order valence-electron chi connectivity index (χ3n) is 4.72. The van der Waals surface area contributed by atoms with Crippen LogP contribution in [0.1, 0.15) is 43.4 Å². The molecule has 0 bridgehead atoms. The summed E-state index contributed by atoms with van der Waals surface area (Å²) >= 11 is 0. The van der Waals surface area contributed by atoms with E-state index in [0.29, 0.717) is 6.04 Å². The van der Waals surface area contributed by atoms with Gasteiger partial charge in [-0.15, -0.1) is 0 Å². The van der Waals surface area contributed by atoms with Crippen LogP contribution in [0.4, 0.5) is 0 Å². The number of hydrogen-bond acceptors (Lipinski definition) is 3. The molecule has 2 heterocycles. The monoisotopic (exact) mass is 288 g/mol. The molecule has 2 unspecified atom stereocenters. The number of nitrogens with zero attached hydrogens (tertiary/aromatic N) is 1. The smallest absolute Gasteiger partial charge is 0.0952 e. The van der Waals surface area contributed by atoms with Crippen molar-refractivity contribution in [1.29, 1.82) is 0 Å². The first-order valence-electron chi connectivity index (χ1n) is 8.48. The van der Waals surface area contributed by atoms with Gasteiger partial charge in [-0.3, -0.25) is 0 Å². The molecule has 0 radical (unpaired) electrons. The molecular formula is C18H28N2O. The SMILES string of the molecule is CC(CN1CCCCC1)NCC1OCCc2ccccc21. The molecule has 1 N–H and O–H groups in total. The maximum absolute atomic E-state index is 5.97. The zero-order chi connectivity index (χ0) is 14.5. The van der Waals surface area contributed by atoms with Gasteiger partial charge in [0.05, 0.1) is 12.7 Å². The van der Waals surface area contributed by atoms with Crippen LogP contribution in [0.2, 0.25) is 0 Å². The topological polar surface area (TPSA) is 24.5 Å². The fraction of sp³-hybridized carbons (Fsp3) is 0.667. The Balaban J connectivity index is 1.49. The van der Waals surface area contributed by atoms with Crippen molar-refractivity contribution in [3.8, 4) is 0 Å². The average Bonchev–Trinajstić information content (AvgIpc) is 2.54. The molecule has 3 heteroatoms. The number of likely N-dealkylation sites (tertiary alicyclic amines) is 1. The molecule has 0 aromatic heterocycles.